The predicted octanol–water partition coefficient (Wildman–Crippen LogP) is 0.877. The SMILES string of the molecule is Cc1ccc(S(=O)(=O)NCC(=O)NCC(=O)OCC(=O)c2cccs2)cc1. The van der Waals surface area contributed by atoms with Crippen LogP contribution in [0.4, 0.5) is 0 Å². The molecule has 0 aliphatic rings. The molecule has 2 N–H and O–H groups in total. The molecule has 0 bridgehead atoms. The molecule has 0 atom stereocenters. The molecule has 144 valence electrons. The van der Waals surface area contributed by atoms with Crippen molar-refractivity contribution in [1.82, 2.24) is 10.0 Å². The lowest BCUT2D eigenvalue weighted by molar-refractivity contribution is -0.142. The van der Waals surface area contributed by atoms with Gasteiger partial charge in [-0.15, -0.1) is 11.3 Å². The van der Waals surface area contributed by atoms with Crippen molar-refractivity contribution in [3.63, 3.8) is 0 Å². The van der Waals surface area contributed by atoms with Crippen molar-refractivity contribution < 1.29 is 27.5 Å². The van der Waals surface area contributed by atoms with E-state index in [9.17, 15) is 22.8 Å². The molecule has 8 nitrogen and oxygen atoms in total. The van der Waals surface area contributed by atoms with E-state index in [-0.39, 0.29) is 10.7 Å². The number of benzene rings is 1. The average Bonchev–Trinajstić information content (AvgIpc) is 3.18. The number of amides is 1. The highest BCUT2D eigenvalue weighted by Crippen LogP contribution is 2.10. The lowest BCUT2D eigenvalue weighted by Crippen LogP contribution is -2.39. The Morgan fingerprint density at radius 2 is 1.78 bits per heavy atom. The highest BCUT2D eigenvalue weighted by molar-refractivity contribution is 7.89. The van der Waals surface area contributed by atoms with E-state index in [2.05, 4.69) is 10.0 Å². The van der Waals surface area contributed by atoms with Crippen molar-refractivity contribution in [3.05, 3.63) is 52.2 Å². The van der Waals surface area contributed by atoms with Gasteiger partial charge in [0.1, 0.15) is 6.54 Å². The van der Waals surface area contributed by atoms with Crippen LogP contribution < -0.4 is 10.0 Å². The third kappa shape index (κ3) is 6.59. The van der Waals surface area contributed by atoms with E-state index in [0.29, 0.717) is 4.88 Å². The standard InChI is InChI=1S/C17H18N2O6S2/c1-12-4-6-13(7-5-12)27(23,24)19-9-16(21)18-10-17(22)25-11-14(20)15-3-2-8-26-15/h2-8,19H,9-11H2,1H3,(H,18,21). The fraction of sp³-hybridized carbons (Fsp3) is 0.235. The number of ether oxygens (including phenoxy) is 1. The summed E-state index contributed by atoms with van der Waals surface area (Å²) in [5.74, 6) is -1.84. The second kappa shape index (κ2) is 9.40. The summed E-state index contributed by atoms with van der Waals surface area (Å²) < 4.78 is 31.0. The molecular weight excluding hydrogens is 392 g/mol. The molecular formula is C17H18N2O6S2. The Balaban J connectivity index is 1.71. The summed E-state index contributed by atoms with van der Waals surface area (Å²) >= 11 is 1.23. The topological polar surface area (TPSA) is 119 Å². The van der Waals surface area contributed by atoms with E-state index in [1.54, 1.807) is 29.6 Å². The number of thiophene rings is 1. The first-order valence-electron chi connectivity index (χ1n) is 7.83. The molecule has 1 amide bonds. The number of nitrogens with one attached hydrogen (secondary N) is 2. The first-order chi connectivity index (χ1) is 12.8. The maximum absolute atomic E-state index is 12.1. The monoisotopic (exact) mass is 410 g/mol. The quantitative estimate of drug-likeness (QED) is 0.468. The largest absolute Gasteiger partial charge is 0.456 e. The molecule has 10 heteroatoms. The van der Waals surface area contributed by atoms with Gasteiger partial charge < -0.3 is 10.1 Å². The van der Waals surface area contributed by atoms with Crippen LogP contribution in [0.15, 0.2) is 46.7 Å². The third-order valence-electron chi connectivity index (χ3n) is 3.34. The summed E-state index contributed by atoms with van der Waals surface area (Å²) in [5.41, 5.74) is 0.905. The van der Waals surface area contributed by atoms with Gasteiger partial charge in [0.05, 0.1) is 16.3 Å². The smallest absolute Gasteiger partial charge is 0.325 e. The van der Waals surface area contributed by atoms with Crippen molar-refractivity contribution in [2.24, 2.45) is 0 Å². The Labute approximate surface area is 160 Å². The molecule has 0 aliphatic heterocycles. The van der Waals surface area contributed by atoms with Crippen LogP contribution in [0.3, 0.4) is 0 Å². The van der Waals surface area contributed by atoms with E-state index in [0.717, 1.165) is 5.56 Å². The van der Waals surface area contributed by atoms with Gasteiger partial charge in [0.25, 0.3) is 0 Å². The minimum absolute atomic E-state index is 0.0346. The van der Waals surface area contributed by atoms with Crippen molar-refractivity contribution in [1.29, 1.82) is 0 Å². The normalized spacial score (nSPS) is 11.0. The van der Waals surface area contributed by atoms with Crippen LogP contribution >= 0.6 is 11.3 Å². The molecule has 0 spiro atoms. The maximum atomic E-state index is 12.1. The van der Waals surface area contributed by atoms with Crippen LogP contribution in [0.5, 0.6) is 0 Å². The van der Waals surface area contributed by atoms with Crippen LogP contribution in [-0.2, 0) is 24.3 Å². The van der Waals surface area contributed by atoms with E-state index in [1.807, 2.05) is 6.92 Å². The van der Waals surface area contributed by atoms with Gasteiger partial charge in [0.2, 0.25) is 21.7 Å². The number of Topliss-reactive ketones (excluding diaryl/α,β-unsaturated/α-hetero) is 1. The average molecular weight is 410 g/mol. The van der Waals surface area contributed by atoms with Gasteiger partial charge in [-0.05, 0) is 30.5 Å². The lowest BCUT2D eigenvalue weighted by Gasteiger charge is -2.08. The minimum atomic E-state index is -3.83. The van der Waals surface area contributed by atoms with Gasteiger partial charge in [-0.25, -0.2) is 13.1 Å². The second-order valence-corrected chi connectivity index (χ2v) is 8.19. The molecule has 0 aliphatic carbocycles. The number of rotatable bonds is 9. The Morgan fingerprint density at radius 3 is 2.41 bits per heavy atom. The van der Waals surface area contributed by atoms with Gasteiger partial charge >= 0.3 is 5.97 Å². The number of hydrogen-bond donors (Lipinski definition) is 2. The first kappa shape index (κ1) is 20.7. The zero-order valence-corrected chi connectivity index (χ0v) is 16.1. The van der Waals surface area contributed by atoms with Gasteiger partial charge in [-0.1, -0.05) is 23.8 Å². The molecule has 2 rings (SSSR count). The van der Waals surface area contributed by atoms with E-state index >= 15 is 0 Å². The maximum Gasteiger partial charge on any atom is 0.325 e. The van der Waals surface area contributed by atoms with Crippen LogP contribution in [0, 0.1) is 6.92 Å². The molecule has 1 aromatic carbocycles. The molecule has 0 saturated heterocycles. The predicted molar refractivity (Wildman–Crippen MR) is 99.0 cm³/mol. The van der Waals surface area contributed by atoms with Crippen molar-refractivity contribution in [2.75, 3.05) is 19.7 Å². The van der Waals surface area contributed by atoms with Gasteiger partial charge in [0.15, 0.2) is 6.61 Å². The highest BCUT2D eigenvalue weighted by Gasteiger charge is 2.16. The van der Waals surface area contributed by atoms with E-state index in [1.165, 1.54) is 23.5 Å². The molecule has 1 aromatic heterocycles. The van der Waals surface area contributed by atoms with Gasteiger partial charge in [-0.2, -0.15) is 0 Å². The zero-order chi connectivity index (χ0) is 19.9. The molecule has 0 radical (unpaired) electrons. The summed E-state index contributed by atoms with van der Waals surface area (Å²) in [6, 6.07) is 9.46. The summed E-state index contributed by atoms with van der Waals surface area (Å²) in [6.45, 7) is 0.403. The molecule has 0 saturated carbocycles. The molecule has 2 aromatic rings. The lowest BCUT2D eigenvalue weighted by atomic mass is 10.2. The Bertz CT molecular complexity index is 905. The molecule has 27 heavy (non-hydrogen) atoms. The number of aryl methyl sites for hydroxylation is 1. The second-order valence-electron chi connectivity index (χ2n) is 5.48. The van der Waals surface area contributed by atoms with E-state index in [4.69, 9.17) is 4.74 Å². The number of sulfonamides is 1. The Morgan fingerprint density at radius 1 is 1.07 bits per heavy atom. The first-order valence-corrected chi connectivity index (χ1v) is 10.2. The minimum Gasteiger partial charge on any atom is -0.456 e. The van der Waals surface area contributed by atoms with Crippen molar-refractivity contribution in [2.45, 2.75) is 11.8 Å². The Kier molecular flexibility index (Phi) is 7.22. The fourth-order valence-electron chi connectivity index (χ4n) is 1.90. The van der Waals surface area contributed by atoms with Crippen molar-refractivity contribution >= 4 is 39.0 Å². The zero-order valence-electron chi connectivity index (χ0n) is 14.4. The summed E-state index contributed by atoms with van der Waals surface area (Å²) in [5, 5.41) is 3.95. The summed E-state index contributed by atoms with van der Waals surface area (Å²) in [7, 11) is -3.83. The number of carbonyl (C=O) groups is 3. The van der Waals surface area contributed by atoms with Gasteiger partial charge in [0, 0.05) is 0 Å². The molecule has 0 unspecified atom stereocenters. The summed E-state index contributed by atoms with van der Waals surface area (Å²) in [6.07, 6.45) is 0. The Hall–Kier alpha value is -2.56. The van der Waals surface area contributed by atoms with Crippen LogP contribution in [0.2, 0.25) is 0 Å². The van der Waals surface area contributed by atoms with Crippen LogP contribution in [-0.4, -0.2) is 45.8 Å². The summed E-state index contributed by atoms with van der Waals surface area (Å²) in [4.78, 5) is 35.4. The number of hydrogen-bond acceptors (Lipinski definition) is 7. The third-order valence-corrected chi connectivity index (χ3v) is 5.67. The number of ketones is 1. The van der Waals surface area contributed by atoms with Crippen LogP contribution in [0.1, 0.15) is 15.2 Å². The number of carbonyl (C=O) groups excluding carboxylic acids is 3. The number of esters is 1. The van der Waals surface area contributed by atoms with Crippen molar-refractivity contribution in [3.8, 4) is 0 Å². The molecule has 0 fully saturated rings. The highest BCUT2D eigenvalue weighted by atomic mass is 32.2. The fourth-order valence-corrected chi connectivity index (χ4v) is 3.53. The molecule has 1 heterocycles. The van der Waals surface area contributed by atoms with Crippen LogP contribution in [0.25, 0.3) is 0 Å². The van der Waals surface area contributed by atoms with E-state index < -0.39 is 41.6 Å². The van der Waals surface area contributed by atoms with Gasteiger partial charge in [-0.3, -0.25) is 14.4 Å².